The molecular formula is C15H20F2N2O. The second-order valence-electron chi connectivity index (χ2n) is 5.40. The van der Waals surface area contributed by atoms with Gasteiger partial charge in [0, 0.05) is 19.2 Å². The Kier molecular flexibility index (Phi) is 4.70. The van der Waals surface area contributed by atoms with Crippen LogP contribution in [0.1, 0.15) is 28.8 Å². The maximum atomic E-state index is 13.8. The number of carbonyl (C=O) groups excluding carboxylic acids is 1. The van der Waals surface area contributed by atoms with E-state index in [1.54, 1.807) is 4.90 Å². The Bertz CT molecular complexity index is 503. The predicted molar refractivity (Wildman–Crippen MR) is 73.6 cm³/mol. The first-order valence-electron chi connectivity index (χ1n) is 6.92. The van der Waals surface area contributed by atoms with Crippen LogP contribution in [0.15, 0.2) is 12.1 Å². The van der Waals surface area contributed by atoms with Crippen LogP contribution < -0.4 is 5.32 Å². The van der Waals surface area contributed by atoms with E-state index in [0.717, 1.165) is 25.5 Å². The van der Waals surface area contributed by atoms with Crippen molar-refractivity contribution in [2.45, 2.75) is 19.8 Å². The Morgan fingerprint density at radius 2 is 2.15 bits per heavy atom. The van der Waals surface area contributed by atoms with Crippen LogP contribution in [0.3, 0.4) is 0 Å². The first-order valence-corrected chi connectivity index (χ1v) is 6.92. The topological polar surface area (TPSA) is 32.3 Å². The van der Waals surface area contributed by atoms with Gasteiger partial charge in [-0.1, -0.05) is 0 Å². The third-order valence-corrected chi connectivity index (χ3v) is 3.78. The monoisotopic (exact) mass is 282 g/mol. The van der Waals surface area contributed by atoms with Crippen molar-refractivity contribution in [1.82, 2.24) is 10.2 Å². The van der Waals surface area contributed by atoms with Crippen molar-refractivity contribution in [2.24, 2.45) is 5.92 Å². The molecule has 1 fully saturated rings. The predicted octanol–water partition coefficient (Wildman–Crippen LogP) is 2.34. The van der Waals surface area contributed by atoms with Gasteiger partial charge < -0.3 is 10.2 Å². The molecule has 0 spiro atoms. The number of halogens is 2. The zero-order valence-corrected chi connectivity index (χ0v) is 11.9. The lowest BCUT2D eigenvalue weighted by atomic mass is 9.97. The summed E-state index contributed by atoms with van der Waals surface area (Å²) in [4.78, 5) is 14.0. The number of rotatable bonds is 3. The number of likely N-dealkylation sites (tertiary alicyclic amines) is 1. The summed E-state index contributed by atoms with van der Waals surface area (Å²) in [5.74, 6) is -1.35. The molecular weight excluding hydrogens is 262 g/mol. The Hall–Kier alpha value is -1.49. The van der Waals surface area contributed by atoms with Crippen molar-refractivity contribution in [3.8, 4) is 0 Å². The van der Waals surface area contributed by atoms with Gasteiger partial charge in [-0.05, 0) is 50.9 Å². The zero-order chi connectivity index (χ0) is 14.7. The summed E-state index contributed by atoms with van der Waals surface area (Å²) in [6.07, 6.45) is 1.98. The highest BCUT2D eigenvalue weighted by molar-refractivity contribution is 5.94. The van der Waals surface area contributed by atoms with Crippen molar-refractivity contribution in [1.29, 1.82) is 0 Å². The van der Waals surface area contributed by atoms with Crippen LogP contribution in [-0.2, 0) is 0 Å². The summed E-state index contributed by atoms with van der Waals surface area (Å²) in [7, 11) is 1.88. The van der Waals surface area contributed by atoms with E-state index < -0.39 is 11.6 Å². The van der Waals surface area contributed by atoms with Crippen LogP contribution in [0.25, 0.3) is 0 Å². The molecule has 1 amide bonds. The van der Waals surface area contributed by atoms with Crippen molar-refractivity contribution < 1.29 is 13.6 Å². The van der Waals surface area contributed by atoms with Crippen molar-refractivity contribution >= 4 is 5.91 Å². The Morgan fingerprint density at radius 3 is 2.85 bits per heavy atom. The van der Waals surface area contributed by atoms with E-state index in [2.05, 4.69) is 5.32 Å². The fraction of sp³-hybridized carbons (Fsp3) is 0.533. The number of aryl methyl sites for hydroxylation is 1. The molecule has 110 valence electrons. The third-order valence-electron chi connectivity index (χ3n) is 3.78. The van der Waals surface area contributed by atoms with Crippen LogP contribution >= 0.6 is 0 Å². The largest absolute Gasteiger partial charge is 0.338 e. The standard InChI is InChI=1S/C15H20F2N2O/c1-10-6-12(14(17)7-13(10)16)15(20)19-5-3-4-11(9-19)8-18-2/h6-7,11,18H,3-5,8-9H2,1-2H3. The summed E-state index contributed by atoms with van der Waals surface area (Å²) in [6.45, 7) is 3.63. The molecule has 0 bridgehead atoms. The van der Waals surface area contributed by atoms with Crippen LogP contribution in [0.2, 0.25) is 0 Å². The zero-order valence-electron chi connectivity index (χ0n) is 11.9. The van der Waals surface area contributed by atoms with Gasteiger partial charge in [0.1, 0.15) is 11.6 Å². The second kappa shape index (κ2) is 6.31. The molecule has 1 saturated heterocycles. The number of benzene rings is 1. The lowest BCUT2D eigenvalue weighted by Crippen LogP contribution is -2.42. The third kappa shape index (κ3) is 3.15. The van der Waals surface area contributed by atoms with Gasteiger partial charge in [-0.25, -0.2) is 8.78 Å². The van der Waals surface area contributed by atoms with Gasteiger partial charge >= 0.3 is 0 Å². The van der Waals surface area contributed by atoms with E-state index >= 15 is 0 Å². The lowest BCUT2D eigenvalue weighted by Gasteiger charge is -2.33. The molecule has 20 heavy (non-hydrogen) atoms. The maximum absolute atomic E-state index is 13.8. The first kappa shape index (κ1) is 14.9. The van der Waals surface area contributed by atoms with Gasteiger partial charge in [0.15, 0.2) is 0 Å². The average molecular weight is 282 g/mol. The molecule has 0 aromatic heterocycles. The summed E-state index contributed by atoms with van der Waals surface area (Å²) in [5, 5.41) is 3.10. The number of hydrogen-bond donors (Lipinski definition) is 1. The number of amides is 1. The van der Waals surface area contributed by atoms with Crippen molar-refractivity contribution in [3.05, 3.63) is 34.9 Å². The highest BCUT2D eigenvalue weighted by Gasteiger charge is 2.26. The minimum atomic E-state index is -0.783. The van der Waals surface area contributed by atoms with E-state index in [1.807, 2.05) is 7.05 Å². The fourth-order valence-corrected chi connectivity index (χ4v) is 2.70. The van der Waals surface area contributed by atoms with Gasteiger partial charge in [-0.3, -0.25) is 4.79 Å². The molecule has 1 heterocycles. The van der Waals surface area contributed by atoms with Crippen LogP contribution in [-0.4, -0.2) is 37.5 Å². The maximum Gasteiger partial charge on any atom is 0.256 e. The Balaban J connectivity index is 2.16. The van der Waals surface area contributed by atoms with Gasteiger partial charge in [-0.15, -0.1) is 0 Å². The minimum absolute atomic E-state index is 0.0333. The molecule has 1 unspecified atom stereocenters. The molecule has 5 heteroatoms. The van der Waals surface area contributed by atoms with Gasteiger partial charge in [0.2, 0.25) is 0 Å². The quantitative estimate of drug-likeness (QED) is 0.923. The Labute approximate surface area is 118 Å². The average Bonchev–Trinajstić information content (AvgIpc) is 2.43. The summed E-state index contributed by atoms with van der Waals surface area (Å²) >= 11 is 0. The summed E-state index contributed by atoms with van der Waals surface area (Å²) in [5.41, 5.74) is 0.257. The van der Waals surface area contributed by atoms with Crippen molar-refractivity contribution in [2.75, 3.05) is 26.7 Å². The van der Waals surface area contributed by atoms with E-state index in [4.69, 9.17) is 0 Å². The number of carbonyl (C=O) groups is 1. The van der Waals surface area contributed by atoms with Crippen LogP contribution in [0, 0.1) is 24.5 Å². The number of hydrogen-bond acceptors (Lipinski definition) is 2. The number of nitrogens with one attached hydrogen (secondary N) is 1. The smallest absolute Gasteiger partial charge is 0.256 e. The van der Waals surface area contributed by atoms with E-state index in [-0.39, 0.29) is 11.5 Å². The second-order valence-corrected chi connectivity index (χ2v) is 5.40. The fourth-order valence-electron chi connectivity index (χ4n) is 2.70. The minimum Gasteiger partial charge on any atom is -0.338 e. The lowest BCUT2D eigenvalue weighted by molar-refractivity contribution is 0.0669. The number of nitrogens with zero attached hydrogens (tertiary/aromatic N) is 1. The van der Waals surface area contributed by atoms with Crippen molar-refractivity contribution in [3.63, 3.8) is 0 Å². The molecule has 1 N–H and O–H groups in total. The molecule has 1 aliphatic rings. The van der Waals surface area contributed by atoms with E-state index in [9.17, 15) is 13.6 Å². The van der Waals surface area contributed by atoms with E-state index in [1.165, 1.54) is 13.0 Å². The molecule has 1 aliphatic heterocycles. The molecule has 0 radical (unpaired) electrons. The van der Waals surface area contributed by atoms with Gasteiger partial charge in [0.25, 0.3) is 5.91 Å². The molecule has 2 rings (SSSR count). The molecule has 0 aliphatic carbocycles. The highest BCUT2D eigenvalue weighted by atomic mass is 19.1. The van der Waals surface area contributed by atoms with Gasteiger partial charge in [-0.2, -0.15) is 0 Å². The molecule has 1 aromatic carbocycles. The first-order chi connectivity index (χ1) is 9.52. The molecule has 3 nitrogen and oxygen atoms in total. The Morgan fingerprint density at radius 1 is 1.40 bits per heavy atom. The normalized spacial score (nSPS) is 19.2. The van der Waals surface area contributed by atoms with Gasteiger partial charge in [0.05, 0.1) is 5.56 Å². The van der Waals surface area contributed by atoms with E-state index in [0.29, 0.717) is 24.6 Å². The SMILES string of the molecule is CNCC1CCCN(C(=O)c2cc(C)c(F)cc2F)C1. The molecule has 0 saturated carbocycles. The highest BCUT2D eigenvalue weighted by Crippen LogP contribution is 2.21. The molecule has 1 aromatic rings. The number of piperidine rings is 1. The van der Waals surface area contributed by atoms with Crippen LogP contribution in [0.5, 0.6) is 0 Å². The summed E-state index contributed by atoms with van der Waals surface area (Å²) < 4.78 is 27.0. The summed E-state index contributed by atoms with van der Waals surface area (Å²) in [6, 6.07) is 2.09. The molecule has 1 atom stereocenters. The van der Waals surface area contributed by atoms with Crippen LogP contribution in [0.4, 0.5) is 8.78 Å².